The van der Waals surface area contributed by atoms with Crippen molar-refractivity contribution in [1.29, 1.82) is 0 Å². The van der Waals surface area contributed by atoms with E-state index in [4.69, 9.17) is 0 Å². The molecular weight excluding hydrogens is 194 g/mol. The minimum Gasteiger partial charge on any atom is -0.316 e. The Morgan fingerprint density at radius 2 is 2.13 bits per heavy atom. The van der Waals surface area contributed by atoms with Crippen LogP contribution in [0.1, 0.15) is 5.56 Å². The van der Waals surface area contributed by atoms with Gasteiger partial charge in [0.25, 0.3) is 0 Å². The zero-order valence-electron chi connectivity index (χ0n) is 8.28. The molecule has 0 atom stereocenters. The summed E-state index contributed by atoms with van der Waals surface area (Å²) in [5.74, 6) is -0.0830. The van der Waals surface area contributed by atoms with Crippen molar-refractivity contribution in [2.75, 3.05) is 7.05 Å². The number of nitrogens with one attached hydrogen (secondary N) is 2. The number of benzene rings is 1. The molecule has 2 N–H and O–H groups in total. The Kier molecular flexibility index (Phi) is 2.64. The van der Waals surface area contributed by atoms with Crippen molar-refractivity contribution < 1.29 is 4.52 Å². The first-order valence-corrected chi connectivity index (χ1v) is 4.59. The van der Waals surface area contributed by atoms with Gasteiger partial charge < -0.3 is 5.32 Å². The summed E-state index contributed by atoms with van der Waals surface area (Å²) in [4.78, 5) is 13.2. The van der Waals surface area contributed by atoms with Gasteiger partial charge in [-0.25, -0.2) is 4.79 Å². The number of aromatic amines is 1. The Hall–Kier alpha value is -1.88. The SMILES string of the molecule is CNCc1ccc(-c2noc(=O)[nH]2)cc1. The van der Waals surface area contributed by atoms with Crippen molar-refractivity contribution in [3.63, 3.8) is 0 Å². The zero-order valence-corrected chi connectivity index (χ0v) is 8.28. The van der Waals surface area contributed by atoms with Crippen LogP contribution >= 0.6 is 0 Å². The highest BCUT2D eigenvalue weighted by Crippen LogP contribution is 2.13. The van der Waals surface area contributed by atoms with Crippen LogP contribution in [0.5, 0.6) is 0 Å². The van der Waals surface area contributed by atoms with E-state index in [1.54, 1.807) is 0 Å². The second-order valence-corrected chi connectivity index (χ2v) is 3.17. The molecule has 0 saturated heterocycles. The van der Waals surface area contributed by atoms with E-state index in [1.807, 2.05) is 31.3 Å². The van der Waals surface area contributed by atoms with Crippen molar-refractivity contribution in [2.24, 2.45) is 0 Å². The maximum Gasteiger partial charge on any atom is 0.439 e. The number of nitrogens with zero attached hydrogens (tertiary/aromatic N) is 1. The summed E-state index contributed by atoms with van der Waals surface area (Å²) in [6, 6.07) is 7.72. The maximum absolute atomic E-state index is 10.7. The Labute approximate surface area is 86.1 Å². The van der Waals surface area contributed by atoms with Crippen molar-refractivity contribution in [3.05, 3.63) is 40.4 Å². The molecule has 5 nitrogen and oxygen atoms in total. The van der Waals surface area contributed by atoms with Gasteiger partial charge in [-0.3, -0.25) is 9.51 Å². The van der Waals surface area contributed by atoms with Crippen LogP contribution in [-0.2, 0) is 6.54 Å². The Morgan fingerprint density at radius 3 is 2.67 bits per heavy atom. The van der Waals surface area contributed by atoms with Gasteiger partial charge in [0, 0.05) is 12.1 Å². The molecule has 2 rings (SSSR count). The van der Waals surface area contributed by atoms with Crippen LogP contribution < -0.4 is 11.1 Å². The minimum absolute atomic E-state index is 0.455. The molecule has 0 spiro atoms. The molecule has 15 heavy (non-hydrogen) atoms. The number of rotatable bonds is 3. The fourth-order valence-corrected chi connectivity index (χ4v) is 1.34. The van der Waals surface area contributed by atoms with Gasteiger partial charge >= 0.3 is 5.76 Å². The van der Waals surface area contributed by atoms with E-state index in [2.05, 4.69) is 20.0 Å². The van der Waals surface area contributed by atoms with E-state index < -0.39 is 5.76 Å². The third kappa shape index (κ3) is 2.13. The average molecular weight is 205 g/mol. The summed E-state index contributed by atoms with van der Waals surface area (Å²) in [6.07, 6.45) is 0. The molecule has 2 aromatic rings. The molecule has 1 aromatic carbocycles. The molecule has 0 amide bonds. The summed E-state index contributed by atoms with van der Waals surface area (Å²) in [5, 5.41) is 6.66. The molecule has 78 valence electrons. The van der Waals surface area contributed by atoms with Crippen LogP contribution in [0.25, 0.3) is 11.4 Å². The van der Waals surface area contributed by atoms with Crippen molar-refractivity contribution in [1.82, 2.24) is 15.5 Å². The lowest BCUT2D eigenvalue weighted by Crippen LogP contribution is -2.04. The molecule has 0 saturated carbocycles. The van der Waals surface area contributed by atoms with Gasteiger partial charge in [0.1, 0.15) is 0 Å². The van der Waals surface area contributed by atoms with Crippen LogP contribution in [0.2, 0.25) is 0 Å². The summed E-state index contributed by atoms with van der Waals surface area (Å²) in [7, 11) is 1.89. The van der Waals surface area contributed by atoms with Crippen molar-refractivity contribution in [3.8, 4) is 11.4 Å². The van der Waals surface area contributed by atoms with Gasteiger partial charge in [0.05, 0.1) is 0 Å². The van der Waals surface area contributed by atoms with E-state index in [1.165, 1.54) is 5.56 Å². The summed E-state index contributed by atoms with van der Waals surface area (Å²) in [6.45, 7) is 0.815. The van der Waals surface area contributed by atoms with Gasteiger partial charge in [-0.1, -0.05) is 29.4 Å². The van der Waals surface area contributed by atoms with Gasteiger partial charge in [0.15, 0.2) is 5.82 Å². The van der Waals surface area contributed by atoms with Gasteiger partial charge in [-0.15, -0.1) is 0 Å². The fourth-order valence-electron chi connectivity index (χ4n) is 1.34. The molecule has 0 aliphatic heterocycles. The van der Waals surface area contributed by atoms with Crippen LogP contribution in [0.3, 0.4) is 0 Å². The lowest BCUT2D eigenvalue weighted by atomic mass is 10.1. The fraction of sp³-hybridized carbons (Fsp3) is 0.200. The molecule has 0 bridgehead atoms. The van der Waals surface area contributed by atoms with Gasteiger partial charge in [-0.05, 0) is 12.6 Å². The predicted octanol–water partition coefficient (Wildman–Crippen LogP) is 0.749. The molecule has 5 heteroatoms. The third-order valence-corrected chi connectivity index (χ3v) is 2.05. The molecule has 0 aliphatic rings. The predicted molar refractivity (Wildman–Crippen MR) is 55.3 cm³/mol. The van der Waals surface area contributed by atoms with Crippen molar-refractivity contribution in [2.45, 2.75) is 6.54 Å². The highest BCUT2D eigenvalue weighted by Gasteiger charge is 2.03. The first-order chi connectivity index (χ1) is 7.29. The number of hydrogen-bond donors (Lipinski definition) is 2. The van der Waals surface area contributed by atoms with Gasteiger partial charge in [-0.2, -0.15) is 0 Å². The Balaban J connectivity index is 2.27. The molecule has 1 aromatic heterocycles. The largest absolute Gasteiger partial charge is 0.439 e. The lowest BCUT2D eigenvalue weighted by molar-refractivity contribution is 0.388. The molecule has 0 fully saturated rings. The monoisotopic (exact) mass is 205 g/mol. The van der Waals surface area contributed by atoms with Crippen LogP contribution in [-0.4, -0.2) is 17.2 Å². The first-order valence-electron chi connectivity index (χ1n) is 4.59. The van der Waals surface area contributed by atoms with E-state index >= 15 is 0 Å². The zero-order chi connectivity index (χ0) is 10.7. The highest BCUT2D eigenvalue weighted by molar-refractivity contribution is 5.54. The second kappa shape index (κ2) is 4.10. The molecule has 0 aliphatic carbocycles. The summed E-state index contributed by atoms with van der Waals surface area (Å²) in [5.41, 5.74) is 2.01. The van der Waals surface area contributed by atoms with E-state index in [0.29, 0.717) is 5.82 Å². The van der Waals surface area contributed by atoms with Crippen LogP contribution in [0, 0.1) is 0 Å². The normalized spacial score (nSPS) is 10.5. The second-order valence-electron chi connectivity index (χ2n) is 3.17. The van der Waals surface area contributed by atoms with Crippen molar-refractivity contribution >= 4 is 0 Å². The van der Waals surface area contributed by atoms with E-state index in [-0.39, 0.29) is 0 Å². The highest BCUT2D eigenvalue weighted by atomic mass is 16.5. The topological polar surface area (TPSA) is 70.9 Å². The summed E-state index contributed by atoms with van der Waals surface area (Å²) >= 11 is 0. The average Bonchev–Trinajstić information content (AvgIpc) is 2.67. The number of hydrogen-bond acceptors (Lipinski definition) is 4. The number of H-pyrrole nitrogens is 1. The molecular formula is C10H11N3O2. The van der Waals surface area contributed by atoms with Crippen LogP contribution in [0.4, 0.5) is 0 Å². The first kappa shape index (κ1) is 9.67. The third-order valence-electron chi connectivity index (χ3n) is 2.05. The lowest BCUT2D eigenvalue weighted by Gasteiger charge is -2.00. The molecule has 1 heterocycles. The Morgan fingerprint density at radius 1 is 1.40 bits per heavy atom. The van der Waals surface area contributed by atoms with E-state index in [9.17, 15) is 4.79 Å². The smallest absolute Gasteiger partial charge is 0.316 e. The Bertz CT molecular complexity index is 484. The summed E-state index contributed by atoms with van der Waals surface area (Å²) < 4.78 is 4.42. The maximum atomic E-state index is 10.7. The van der Waals surface area contributed by atoms with E-state index in [0.717, 1.165) is 12.1 Å². The number of aromatic nitrogens is 2. The molecule has 0 radical (unpaired) electrons. The quantitative estimate of drug-likeness (QED) is 0.775. The van der Waals surface area contributed by atoms with Crippen LogP contribution in [0.15, 0.2) is 33.6 Å². The minimum atomic E-state index is -0.538. The van der Waals surface area contributed by atoms with Gasteiger partial charge in [0.2, 0.25) is 0 Å². The standard InChI is InChI=1S/C10H11N3O2/c1-11-6-7-2-4-8(5-3-7)9-12-10(14)15-13-9/h2-5,11H,6H2,1H3,(H,12,13,14). The molecule has 0 unspecified atom stereocenters.